The van der Waals surface area contributed by atoms with E-state index < -0.39 is 0 Å². The molecule has 0 saturated carbocycles. The summed E-state index contributed by atoms with van der Waals surface area (Å²) in [6.07, 6.45) is 0. The van der Waals surface area contributed by atoms with Gasteiger partial charge in [-0.05, 0) is 54.4 Å². The Hall–Kier alpha value is -4.50. The zero-order chi connectivity index (χ0) is 23.3. The molecule has 0 radical (unpaired) electrons. The summed E-state index contributed by atoms with van der Waals surface area (Å²) in [5.41, 5.74) is 6.86. The number of aromatic nitrogens is 1. The van der Waals surface area contributed by atoms with Gasteiger partial charge in [-0.15, -0.1) is 0 Å². The van der Waals surface area contributed by atoms with Crippen LogP contribution in [0.15, 0.2) is 127 Å². The van der Waals surface area contributed by atoms with Gasteiger partial charge in [-0.25, -0.2) is 4.98 Å². The maximum atomic E-state index is 14.1. The van der Waals surface area contributed by atoms with Gasteiger partial charge in [-0.3, -0.25) is 9.69 Å². The van der Waals surface area contributed by atoms with Gasteiger partial charge in [0.25, 0.3) is 5.91 Å². The number of carbonyl (C=O) groups is 1. The van der Waals surface area contributed by atoms with Gasteiger partial charge in [0.1, 0.15) is 5.69 Å². The number of hydrogen-bond donors (Lipinski definition) is 0. The zero-order valence-corrected chi connectivity index (χ0v) is 18.9. The fourth-order valence-corrected chi connectivity index (χ4v) is 3.96. The van der Waals surface area contributed by atoms with Gasteiger partial charge < -0.3 is 0 Å². The first-order valence-electron chi connectivity index (χ1n) is 11.3. The van der Waals surface area contributed by atoms with Gasteiger partial charge in [0, 0.05) is 16.9 Å². The van der Waals surface area contributed by atoms with Crippen molar-refractivity contribution in [2.24, 2.45) is 0 Å². The lowest BCUT2D eigenvalue weighted by molar-refractivity contribution is 0.0994. The fraction of sp³-hybridized carbons (Fsp3) is 0.0323. The summed E-state index contributed by atoms with van der Waals surface area (Å²) in [6.45, 7) is 2.04. The van der Waals surface area contributed by atoms with Crippen LogP contribution >= 0.6 is 0 Å². The van der Waals surface area contributed by atoms with Crippen LogP contribution in [0, 0.1) is 6.92 Å². The van der Waals surface area contributed by atoms with Crippen molar-refractivity contribution in [1.82, 2.24) is 4.98 Å². The van der Waals surface area contributed by atoms with Gasteiger partial charge >= 0.3 is 0 Å². The summed E-state index contributed by atoms with van der Waals surface area (Å²) in [5.74, 6) is -0.176. The molecule has 0 bridgehead atoms. The van der Waals surface area contributed by atoms with Crippen molar-refractivity contribution < 1.29 is 4.79 Å². The molecule has 0 saturated heterocycles. The number of nitrogens with zero attached hydrogens (tertiary/aromatic N) is 2. The minimum atomic E-state index is -0.176. The molecule has 4 aromatic carbocycles. The van der Waals surface area contributed by atoms with Gasteiger partial charge in [0.2, 0.25) is 0 Å². The minimum absolute atomic E-state index is 0.176. The van der Waals surface area contributed by atoms with Gasteiger partial charge in [0.05, 0.1) is 5.69 Å². The van der Waals surface area contributed by atoms with Gasteiger partial charge in [-0.1, -0.05) is 96.6 Å². The molecule has 5 aromatic rings. The number of rotatable bonds is 5. The Kier molecular flexibility index (Phi) is 6.00. The normalized spacial score (nSPS) is 10.6. The SMILES string of the molecule is Cc1ccc(N(C(=O)c2cc(-c3ccccc3)cc(-c3ccccc3)n2)c2ccccc2)cc1. The third-order valence-electron chi connectivity index (χ3n) is 5.73. The molecule has 1 heterocycles. The molecule has 1 aromatic heterocycles. The topological polar surface area (TPSA) is 33.2 Å². The van der Waals surface area contributed by atoms with E-state index in [1.54, 1.807) is 4.90 Å². The Morgan fingerprint density at radius 3 is 1.74 bits per heavy atom. The van der Waals surface area contributed by atoms with E-state index in [0.717, 1.165) is 39.3 Å². The Balaban J connectivity index is 1.67. The molecule has 3 heteroatoms. The van der Waals surface area contributed by atoms with Crippen molar-refractivity contribution in [3.8, 4) is 22.4 Å². The summed E-state index contributed by atoms with van der Waals surface area (Å²) in [5, 5.41) is 0. The van der Waals surface area contributed by atoms with Crippen LogP contribution in [0.25, 0.3) is 22.4 Å². The van der Waals surface area contributed by atoms with E-state index in [2.05, 4.69) is 0 Å². The van der Waals surface area contributed by atoms with E-state index in [0.29, 0.717) is 5.69 Å². The summed E-state index contributed by atoms with van der Waals surface area (Å²) in [4.78, 5) is 20.6. The second kappa shape index (κ2) is 9.55. The van der Waals surface area contributed by atoms with Crippen molar-refractivity contribution in [3.05, 3.63) is 139 Å². The van der Waals surface area contributed by atoms with Crippen LogP contribution in [0.2, 0.25) is 0 Å². The van der Waals surface area contributed by atoms with E-state index in [1.807, 2.05) is 134 Å². The molecular formula is C31H24N2O. The monoisotopic (exact) mass is 440 g/mol. The smallest absolute Gasteiger partial charge is 0.276 e. The molecule has 34 heavy (non-hydrogen) atoms. The lowest BCUT2D eigenvalue weighted by Gasteiger charge is -2.23. The van der Waals surface area contributed by atoms with E-state index >= 15 is 0 Å². The molecular weight excluding hydrogens is 416 g/mol. The van der Waals surface area contributed by atoms with E-state index in [-0.39, 0.29) is 5.91 Å². The number of aryl methyl sites for hydroxylation is 1. The van der Waals surface area contributed by atoms with Crippen LogP contribution in [0.4, 0.5) is 11.4 Å². The number of carbonyl (C=O) groups excluding carboxylic acids is 1. The lowest BCUT2D eigenvalue weighted by atomic mass is 10.0. The summed E-state index contributed by atoms with van der Waals surface area (Å²) >= 11 is 0. The van der Waals surface area contributed by atoms with Crippen LogP contribution in [0.1, 0.15) is 16.1 Å². The third kappa shape index (κ3) is 4.50. The Labute approximate surface area is 200 Å². The fourth-order valence-electron chi connectivity index (χ4n) is 3.96. The number of amides is 1. The molecule has 1 amide bonds. The molecule has 0 N–H and O–H groups in total. The largest absolute Gasteiger partial charge is 0.281 e. The molecule has 0 aliphatic rings. The zero-order valence-electron chi connectivity index (χ0n) is 18.9. The highest BCUT2D eigenvalue weighted by atomic mass is 16.2. The van der Waals surface area contributed by atoms with Gasteiger partial charge in [-0.2, -0.15) is 0 Å². The maximum Gasteiger partial charge on any atom is 0.281 e. The molecule has 0 aliphatic carbocycles. The van der Waals surface area contributed by atoms with Crippen LogP contribution in [-0.4, -0.2) is 10.9 Å². The van der Waals surface area contributed by atoms with Gasteiger partial charge in [0.15, 0.2) is 0 Å². The molecule has 5 rings (SSSR count). The number of para-hydroxylation sites is 1. The molecule has 0 unspecified atom stereocenters. The molecule has 164 valence electrons. The first-order chi connectivity index (χ1) is 16.7. The van der Waals surface area contributed by atoms with Crippen LogP contribution in [0.3, 0.4) is 0 Å². The standard InChI is InChI=1S/C31H24N2O/c1-23-17-19-28(20-18-23)33(27-15-9-4-10-16-27)31(34)30-22-26(24-11-5-2-6-12-24)21-29(32-30)25-13-7-3-8-14-25/h2-22H,1H3. The Morgan fingerprint density at radius 2 is 1.12 bits per heavy atom. The summed E-state index contributed by atoms with van der Waals surface area (Å²) < 4.78 is 0. The minimum Gasteiger partial charge on any atom is -0.276 e. The summed E-state index contributed by atoms with van der Waals surface area (Å²) in [7, 11) is 0. The van der Waals surface area contributed by atoms with Crippen molar-refractivity contribution in [3.63, 3.8) is 0 Å². The number of benzene rings is 4. The Morgan fingerprint density at radius 1 is 0.588 bits per heavy atom. The van der Waals surface area contributed by atoms with Crippen molar-refractivity contribution in [2.45, 2.75) is 6.92 Å². The maximum absolute atomic E-state index is 14.1. The van der Waals surface area contributed by atoms with E-state index in [1.165, 1.54) is 0 Å². The second-order valence-electron chi connectivity index (χ2n) is 8.17. The van der Waals surface area contributed by atoms with Crippen molar-refractivity contribution >= 4 is 17.3 Å². The highest BCUT2D eigenvalue weighted by molar-refractivity contribution is 6.10. The van der Waals surface area contributed by atoms with Crippen LogP contribution < -0.4 is 4.90 Å². The highest BCUT2D eigenvalue weighted by Crippen LogP contribution is 2.31. The van der Waals surface area contributed by atoms with Crippen LogP contribution in [-0.2, 0) is 0 Å². The molecule has 3 nitrogen and oxygen atoms in total. The number of pyridine rings is 1. The first kappa shape index (κ1) is 21.4. The first-order valence-corrected chi connectivity index (χ1v) is 11.3. The lowest BCUT2D eigenvalue weighted by Crippen LogP contribution is -2.27. The quantitative estimate of drug-likeness (QED) is 0.280. The predicted molar refractivity (Wildman–Crippen MR) is 139 cm³/mol. The Bertz CT molecular complexity index is 1340. The van der Waals surface area contributed by atoms with Crippen molar-refractivity contribution in [1.29, 1.82) is 0 Å². The highest BCUT2D eigenvalue weighted by Gasteiger charge is 2.22. The van der Waals surface area contributed by atoms with E-state index in [9.17, 15) is 4.79 Å². The number of anilines is 2. The molecule has 0 spiro atoms. The molecule has 0 fully saturated rings. The molecule has 0 aliphatic heterocycles. The van der Waals surface area contributed by atoms with Crippen molar-refractivity contribution in [2.75, 3.05) is 4.90 Å². The predicted octanol–water partition coefficient (Wildman–Crippen LogP) is 7.70. The van der Waals surface area contributed by atoms with E-state index in [4.69, 9.17) is 4.98 Å². The summed E-state index contributed by atoms with van der Waals surface area (Å²) in [6, 6.07) is 41.7. The average molecular weight is 441 g/mol. The number of hydrogen-bond acceptors (Lipinski definition) is 2. The third-order valence-corrected chi connectivity index (χ3v) is 5.73. The molecule has 0 atom stereocenters. The average Bonchev–Trinajstić information content (AvgIpc) is 2.91. The van der Waals surface area contributed by atoms with Crippen LogP contribution in [0.5, 0.6) is 0 Å². The second-order valence-corrected chi connectivity index (χ2v) is 8.17.